The van der Waals surface area contributed by atoms with E-state index in [0.29, 0.717) is 17.7 Å². The third-order valence-corrected chi connectivity index (χ3v) is 4.22. The maximum Gasteiger partial charge on any atom is 0.226 e. The van der Waals surface area contributed by atoms with Crippen molar-refractivity contribution in [1.82, 2.24) is 4.90 Å². The van der Waals surface area contributed by atoms with Gasteiger partial charge in [-0.05, 0) is 43.6 Å². The molecule has 2 aliphatic rings. The molecule has 1 heterocycles. The minimum Gasteiger partial charge on any atom is -0.342 e. The molecule has 1 aliphatic carbocycles. The van der Waals surface area contributed by atoms with Crippen molar-refractivity contribution in [2.24, 2.45) is 23.0 Å². The molecule has 2 fully saturated rings. The quantitative estimate of drug-likeness (QED) is 0.792. The van der Waals surface area contributed by atoms with Crippen molar-refractivity contribution < 1.29 is 4.79 Å². The van der Waals surface area contributed by atoms with Gasteiger partial charge in [0, 0.05) is 19.0 Å². The van der Waals surface area contributed by atoms with Crippen LogP contribution in [0, 0.1) is 17.3 Å². The van der Waals surface area contributed by atoms with Crippen molar-refractivity contribution in [2.45, 2.75) is 39.5 Å². The van der Waals surface area contributed by atoms with Gasteiger partial charge in [-0.25, -0.2) is 0 Å². The van der Waals surface area contributed by atoms with Gasteiger partial charge in [-0.1, -0.05) is 13.8 Å². The van der Waals surface area contributed by atoms with Crippen molar-refractivity contribution in [3.8, 4) is 0 Å². The number of carbonyl (C=O) groups excluding carboxylic acids is 1. The molecular formula is C13H24N2O. The highest BCUT2D eigenvalue weighted by Gasteiger charge is 2.52. The predicted octanol–water partition coefficient (Wildman–Crippen LogP) is 1.62. The second kappa shape index (κ2) is 4.36. The van der Waals surface area contributed by atoms with Crippen LogP contribution in [0.3, 0.4) is 0 Å². The number of hydrogen-bond acceptors (Lipinski definition) is 2. The van der Waals surface area contributed by atoms with E-state index in [1.807, 2.05) is 0 Å². The lowest BCUT2D eigenvalue weighted by molar-refractivity contribution is -0.135. The van der Waals surface area contributed by atoms with Crippen LogP contribution in [0.5, 0.6) is 0 Å². The van der Waals surface area contributed by atoms with Gasteiger partial charge in [0.15, 0.2) is 0 Å². The van der Waals surface area contributed by atoms with Crippen LogP contribution in [0.15, 0.2) is 0 Å². The monoisotopic (exact) mass is 224 g/mol. The Hall–Kier alpha value is -0.570. The number of hydrogen-bond donors (Lipinski definition) is 1. The lowest BCUT2D eigenvalue weighted by atomic mass is 9.94. The van der Waals surface area contributed by atoms with Crippen molar-refractivity contribution in [1.29, 1.82) is 0 Å². The highest BCUT2D eigenvalue weighted by molar-refractivity contribution is 5.82. The summed E-state index contributed by atoms with van der Waals surface area (Å²) in [6.45, 7) is 7.05. The molecule has 92 valence electrons. The number of piperidine rings is 1. The van der Waals surface area contributed by atoms with E-state index in [4.69, 9.17) is 5.73 Å². The van der Waals surface area contributed by atoms with Crippen molar-refractivity contribution in [2.75, 3.05) is 19.6 Å². The fourth-order valence-corrected chi connectivity index (χ4v) is 2.85. The van der Waals surface area contributed by atoms with Gasteiger partial charge in [-0.2, -0.15) is 0 Å². The summed E-state index contributed by atoms with van der Waals surface area (Å²) in [4.78, 5) is 14.3. The molecule has 0 aromatic heterocycles. The van der Waals surface area contributed by atoms with Crippen LogP contribution in [0.25, 0.3) is 0 Å². The minimum atomic E-state index is 0.262. The van der Waals surface area contributed by atoms with Gasteiger partial charge < -0.3 is 10.6 Å². The van der Waals surface area contributed by atoms with Gasteiger partial charge in [0.05, 0.1) is 0 Å². The molecule has 16 heavy (non-hydrogen) atoms. The number of rotatable bonds is 3. The van der Waals surface area contributed by atoms with E-state index < -0.39 is 0 Å². The largest absolute Gasteiger partial charge is 0.342 e. The maximum atomic E-state index is 12.2. The van der Waals surface area contributed by atoms with Gasteiger partial charge in [0.2, 0.25) is 5.91 Å². The molecule has 1 saturated carbocycles. The Labute approximate surface area is 98.4 Å². The summed E-state index contributed by atoms with van der Waals surface area (Å²) in [6, 6.07) is 0. The number of nitrogens with zero attached hydrogens (tertiary/aromatic N) is 1. The lowest BCUT2D eigenvalue weighted by Crippen LogP contribution is -2.41. The molecule has 2 atom stereocenters. The average molecular weight is 224 g/mol. The zero-order valence-corrected chi connectivity index (χ0v) is 10.5. The van der Waals surface area contributed by atoms with Crippen LogP contribution in [-0.4, -0.2) is 30.4 Å². The predicted molar refractivity (Wildman–Crippen MR) is 64.9 cm³/mol. The van der Waals surface area contributed by atoms with Crippen LogP contribution >= 0.6 is 0 Å². The molecule has 0 bridgehead atoms. The normalized spacial score (nSPS) is 32.6. The Morgan fingerprint density at radius 2 is 2.19 bits per heavy atom. The number of nitrogens with two attached hydrogens (primary N) is 1. The molecule has 3 heteroatoms. The third kappa shape index (κ3) is 2.40. The summed E-state index contributed by atoms with van der Waals surface area (Å²) in [5, 5.41) is 0. The maximum absolute atomic E-state index is 12.2. The van der Waals surface area contributed by atoms with Crippen LogP contribution in [-0.2, 0) is 4.79 Å². The molecule has 1 saturated heterocycles. The van der Waals surface area contributed by atoms with Gasteiger partial charge in [0.1, 0.15) is 0 Å². The Morgan fingerprint density at radius 1 is 1.50 bits per heavy atom. The van der Waals surface area contributed by atoms with Gasteiger partial charge in [-0.3, -0.25) is 4.79 Å². The van der Waals surface area contributed by atoms with Crippen LogP contribution in [0.1, 0.15) is 39.5 Å². The summed E-state index contributed by atoms with van der Waals surface area (Å²) in [5.74, 6) is 1.33. The van der Waals surface area contributed by atoms with E-state index >= 15 is 0 Å². The molecule has 3 nitrogen and oxygen atoms in total. The third-order valence-electron chi connectivity index (χ3n) is 4.22. The van der Waals surface area contributed by atoms with Crippen molar-refractivity contribution in [3.05, 3.63) is 0 Å². The number of carbonyl (C=O) groups is 1. The molecule has 1 aliphatic heterocycles. The highest BCUT2D eigenvalue weighted by atomic mass is 16.2. The topological polar surface area (TPSA) is 46.3 Å². The summed E-state index contributed by atoms with van der Waals surface area (Å²) < 4.78 is 0. The van der Waals surface area contributed by atoms with E-state index in [2.05, 4.69) is 18.7 Å². The molecule has 0 aromatic rings. The summed E-state index contributed by atoms with van der Waals surface area (Å²) in [5.41, 5.74) is 5.85. The molecule has 0 aromatic carbocycles. The van der Waals surface area contributed by atoms with Crippen molar-refractivity contribution in [3.63, 3.8) is 0 Å². The first-order valence-electron chi connectivity index (χ1n) is 6.53. The first-order valence-corrected chi connectivity index (χ1v) is 6.53. The SMILES string of the molecule is CC1(C)CC1C(=O)N1CCCC(CCN)C1. The standard InChI is InChI=1S/C13H24N2O/c1-13(2)8-11(13)12(16)15-7-3-4-10(9-15)5-6-14/h10-11H,3-9,14H2,1-2H3. The fraction of sp³-hybridized carbons (Fsp3) is 0.923. The molecule has 2 rings (SSSR count). The average Bonchev–Trinajstić information content (AvgIpc) is 2.88. The molecule has 2 N–H and O–H groups in total. The van der Waals surface area contributed by atoms with Gasteiger partial charge >= 0.3 is 0 Å². The zero-order valence-electron chi connectivity index (χ0n) is 10.5. The van der Waals surface area contributed by atoms with Crippen LogP contribution < -0.4 is 5.73 Å². The zero-order chi connectivity index (χ0) is 11.8. The Morgan fingerprint density at radius 3 is 2.75 bits per heavy atom. The highest BCUT2D eigenvalue weighted by Crippen LogP contribution is 2.52. The second-order valence-electron chi connectivity index (χ2n) is 6.12. The smallest absolute Gasteiger partial charge is 0.226 e. The number of likely N-dealkylation sites (tertiary alicyclic amines) is 1. The van der Waals surface area contributed by atoms with Crippen molar-refractivity contribution >= 4 is 5.91 Å². The van der Waals surface area contributed by atoms with E-state index in [1.165, 1.54) is 6.42 Å². The summed E-state index contributed by atoms with van der Waals surface area (Å²) >= 11 is 0. The lowest BCUT2D eigenvalue weighted by Gasteiger charge is -2.33. The first kappa shape index (κ1) is 11.9. The Bertz CT molecular complexity index is 273. The minimum absolute atomic E-state index is 0.262. The van der Waals surface area contributed by atoms with Gasteiger partial charge in [0.25, 0.3) is 0 Å². The molecular weight excluding hydrogens is 200 g/mol. The summed E-state index contributed by atoms with van der Waals surface area (Å²) in [7, 11) is 0. The van der Waals surface area contributed by atoms with Crippen LogP contribution in [0.4, 0.5) is 0 Å². The molecule has 0 spiro atoms. The van der Waals surface area contributed by atoms with E-state index in [-0.39, 0.29) is 5.41 Å². The molecule has 2 unspecified atom stereocenters. The van der Waals surface area contributed by atoms with E-state index in [1.54, 1.807) is 0 Å². The van der Waals surface area contributed by atoms with E-state index in [9.17, 15) is 4.79 Å². The van der Waals surface area contributed by atoms with E-state index in [0.717, 1.165) is 38.9 Å². The fourth-order valence-electron chi connectivity index (χ4n) is 2.85. The summed E-state index contributed by atoms with van der Waals surface area (Å²) in [6.07, 6.45) is 4.54. The number of amides is 1. The Balaban J connectivity index is 1.87. The molecule has 0 radical (unpaired) electrons. The van der Waals surface area contributed by atoms with Gasteiger partial charge in [-0.15, -0.1) is 0 Å². The Kier molecular flexibility index (Phi) is 3.24. The first-order chi connectivity index (χ1) is 7.54. The van der Waals surface area contributed by atoms with Crippen LogP contribution in [0.2, 0.25) is 0 Å². The second-order valence-corrected chi connectivity index (χ2v) is 6.12. The molecule has 1 amide bonds.